The Labute approximate surface area is 116 Å². The number of aromatic nitrogens is 1. The van der Waals surface area contributed by atoms with E-state index < -0.39 is 23.1 Å². The SMILES string of the molecule is Cc1ccc(F)c(C(=O)Nc2cccnc2Br)c1F. The molecule has 1 aromatic carbocycles. The molecule has 1 aromatic heterocycles. The molecule has 0 saturated carbocycles. The maximum atomic E-state index is 13.8. The standard InChI is InChI=1S/C13H9BrF2N2O/c1-7-4-5-8(15)10(11(7)16)13(19)18-9-3-2-6-17-12(9)14/h2-6H,1H3,(H,18,19). The summed E-state index contributed by atoms with van der Waals surface area (Å²) in [7, 11) is 0. The average Bonchev–Trinajstić information content (AvgIpc) is 2.37. The lowest BCUT2D eigenvalue weighted by atomic mass is 10.1. The topological polar surface area (TPSA) is 42.0 Å². The molecule has 0 aliphatic carbocycles. The smallest absolute Gasteiger partial charge is 0.261 e. The summed E-state index contributed by atoms with van der Waals surface area (Å²) in [5, 5.41) is 2.41. The lowest BCUT2D eigenvalue weighted by Crippen LogP contribution is -2.17. The number of anilines is 1. The quantitative estimate of drug-likeness (QED) is 0.855. The highest BCUT2D eigenvalue weighted by molar-refractivity contribution is 9.10. The maximum Gasteiger partial charge on any atom is 0.261 e. The van der Waals surface area contributed by atoms with Gasteiger partial charge in [0.2, 0.25) is 0 Å². The first-order valence-electron chi connectivity index (χ1n) is 5.37. The third-order valence-electron chi connectivity index (χ3n) is 2.52. The molecule has 0 unspecified atom stereocenters. The van der Waals surface area contributed by atoms with Crippen LogP contribution in [-0.4, -0.2) is 10.9 Å². The molecule has 0 saturated heterocycles. The summed E-state index contributed by atoms with van der Waals surface area (Å²) >= 11 is 3.14. The van der Waals surface area contributed by atoms with Crippen LogP contribution < -0.4 is 5.32 Å². The molecule has 1 N–H and O–H groups in total. The number of amides is 1. The molecule has 0 spiro atoms. The zero-order valence-electron chi connectivity index (χ0n) is 9.88. The summed E-state index contributed by atoms with van der Waals surface area (Å²) in [5.74, 6) is -2.62. The number of carbonyl (C=O) groups is 1. The van der Waals surface area contributed by atoms with Crippen LogP contribution in [0.4, 0.5) is 14.5 Å². The largest absolute Gasteiger partial charge is 0.319 e. The molecular weight excluding hydrogens is 318 g/mol. The van der Waals surface area contributed by atoms with E-state index in [4.69, 9.17) is 0 Å². The normalized spacial score (nSPS) is 10.3. The Morgan fingerprint density at radius 1 is 1.32 bits per heavy atom. The van der Waals surface area contributed by atoms with Gasteiger partial charge in [-0.1, -0.05) is 6.07 Å². The van der Waals surface area contributed by atoms with Crippen molar-refractivity contribution in [2.24, 2.45) is 0 Å². The molecule has 6 heteroatoms. The monoisotopic (exact) mass is 326 g/mol. The van der Waals surface area contributed by atoms with E-state index in [9.17, 15) is 13.6 Å². The highest BCUT2D eigenvalue weighted by Gasteiger charge is 2.19. The molecule has 19 heavy (non-hydrogen) atoms. The molecule has 0 aliphatic rings. The van der Waals surface area contributed by atoms with E-state index in [2.05, 4.69) is 26.2 Å². The number of aryl methyl sites for hydroxylation is 1. The van der Waals surface area contributed by atoms with Gasteiger partial charge in [0.15, 0.2) is 0 Å². The number of pyridine rings is 1. The van der Waals surface area contributed by atoms with Crippen LogP contribution in [0.3, 0.4) is 0 Å². The fourth-order valence-electron chi connectivity index (χ4n) is 1.53. The molecule has 3 nitrogen and oxygen atoms in total. The summed E-state index contributed by atoms with van der Waals surface area (Å²) < 4.78 is 27.7. The second-order valence-electron chi connectivity index (χ2n) is 3.85. The second-order valence-corrected chi connectivity index (χ2v) is 4.60. The summed E-state index contributed by atoms with van der Waals surface area (Å²) in [6, 6.07) is 5.51. The molecule has 0 radical (unpaired) electrons. The number of nitrogens with one attached hydrogen (secondary N) is 1. The van der Waals surface area contributed by atoms with Gasteiger partial charge in [0.1, 0.15) is 21.8 Å². The van der Waals surface area contributed by atoms with Gasteiger partial charge < -0.3 is 5.32 Å². The Morgan fingerprint density at radius 3 is 2.74 bits per heavy atom. The van der Waals surface area contributed by atoms with E-state index in [1.54, 1.807) is 12.1 Å². The average molecular weight is 327 g/mol. The van der Waals surface area contributed by atoms with Crippen LogP contribution in [0.2, 0.25) is 0 Å². The fourth-order valence-corrected chi connectivity index (χ4v) is 1.88. The minimum atomic E-state index is -0.902. The molecule has 0 atom stereocenters. The zero-order chi connectivity index (χ0) is 14.0. The van der Waals surface area contributed by atoms with Crippen LogP contribution in [0, 0.1) is 18.6 Å². The van der Waals surface area contributed by atoms with Crippen molar-refractivity contribution in [1.29, 1.82) is 0 Å². The zero-order valence-corrected chi connectivity index (χ0v) is 11.5. The van der Waals surface area contributed by atoms with Gasteiger partial charge in [0, 0.05) is 6.20 Å². The van der Waals surface area contributed by atoms with Gasteiger partial charge in [-0.3, -0.25) is 4.79 Å². The van der Waals surface area contributed by atoms with E-state index in [1.165, 1.54) is 19.2 Å². The third-order valence-corrected chi connectivity index (χ3v) is 3.15. The van der Waals surface area contributed by atoms with Gasteiger partial charge >= 0.3 is 0 Å². The van der Waals surface area contributed by atoms with E-state index in [-0.39, 0.29) is 5.56 Å². The van der Waals surface area contributed by atoms with Crippen molar-refractivity contribution in [3.8, 4) is 0 Å². The van der Waals surface area contributed by atoms with Crippen molar-refractivity contribution in [3.63, 3.8) is 0 Å². The van der Waals surface area contributed by atoms with E-state index >= 15 is 0 Å². The van der Waals surface area contributed by atoms with Gasteiger partial charge in [0.25, 0.3) is 5.91 Å². The predicted octanol–water partition coefficient (Wildman–Crippen LogP) is 3.68. The van der Waals surface area contributed by atoms with Crippen molar-refractivity contribution < 1.29 is 13.6 Å². The number of rotatable bonds is 2. The van der Waals surface area contributed by atoms with Crippen LogP contribution in [0.1, 0.15) is 15.9 Å². The highest BCUT2D eigenvalue weighted by atomic mass is 79.9. The predicted molar refractivity (Wildman–Crippen MR) is 71.0 cm³/mol. The van der Waals surface area contributed by atoms with E-state index in [1.807, 2.05) is 0 Å². The number of hydrogen-bond donors (Lipinski definition) is 1. The number of hydrogen-bond acceptors (Lipinski definition) is 2. The first-order chi connectivity index (χ1) is 9.00. The molecule has 0 aliphatic heterocycles. The highest BCUT2D eigenvalue weighted by Crippen LogP contribution is 2.22. The van der Waals surface area contributed by atoms with Gasteiger partial charge in [-0.25, -0.2) is 13.8 Å². The van der Waals surface area contributed by atoms with Crippen molar-refractivity contribution >= 4 is 27.5 Å². The summed E-state index contributed by atoms with van der Waals surface area (Å²) in [4.78, 5) is 15.8. The minimum absolute atomic E-state index is 0.205. The maximum absolute atomic E-state index is 13.8. The Morgan fingerprint density at radius 2 is 2.05 bits per heavy atom. The lowest BCUT2D eigenvalue weighted by molar-refractivity contribution is 0.101. The molecule has 98 valence electrons. The van der Waals surface area contributed by atoms with Crippen LogP contribution >= 0.6 is 15.9 Å². The van der Waals surface area contributed by atoms with E-state index in [0.717, 1.165) is 6.07 Å². The Balaban J connectivity index is 2.36. The van der Waals surface area contributed by atoms with Crippen LogP contribution in [0.25, 0.3) is 0 Å². The molecule has 2 aromatic rings. The molecule has 0 bridgehead atoms. The molecular formula is C13H9BrF2N2O. The lowest BCUT2D eigenvalue weighted by Gasteiger charge is -2.09. The summed E-state index contributed by atoms with van der Waals surface area (Å²) in [5.41, 5.74) is -0.0552. The third kappa shape index (κ3) is 2.78. The van der Waals surface area contributed by atoms with Crippen LogP contribution in [-0.2, 0) is 0 Å². The number of benzene rings is 1. The second kappa shape index (κ2) is 5.44. The van der Waals surface area contributed by atoms with Crippen LogP contribution in [0.15, 0.2) is 35.1 Å². The Bertz CT molecular complexity index is 647. The van der Waals surface area contributed by atoms with E-state index in [0.29, 0.717) is 10.3 Å². The van der Waals surface area contributed by atoms with Crippen molar-refractivity contribution in [2.75, 3.05) is 5.32 Å². The number of halogens is 3. The van der Waals surface area contributed by atoms with Gasteiger partial charge in [-0.2, -0.15) is 0 Å². The van der Waals surface area contributed by atoms with Crippen molar-refractivity contribution in [3.05, 3.63) is 57.8 Å². The fraction of sp³-hybridized carbons (Fsp3) is 0.0769. The summed E-state index contributed by atoms with van der Waals surface area (Å²) in [6.07, 6.45) is 1.52. The van der Waals surface area contributed by atoms with Crippen LogP contribution in [0.5, 0.6) is 0 Å². The minimum Gasteiger partial charge on any atom is -0.319 e. The van der Waals surface area contributed by atoms with Gasteiger partial charge in [-0.05, 0) is 46.6 Å². The summed E-state index contributed by atoms with van der Waals surface area (Å²) in [6.45, 7) is 1.46. The number of nitrogens with zero attached hydrogens (tertiary/aromatic N) is 1. The molecule has 1 heterocycles. The number of carbonyl (C=O) groups excluding carboxylic acids is 1. The van der Waals surface area contributed by atoms with Crippen molar-refractivity contribution in [1.82, 2.24) is 4.98 Å². The van der Waals surface area contributed by atoms with Crippen molar-refractivity contribution in [2.45, 2.75) is 6.92 Å². The Hall–Kier alpha value is -1.82. The Kier molecular flexibility index (Phi) is 3.90. The first kappa shape index (κ1) is 13.6. The first-order valence-corrected chi connectivity index (χ1v) is 6.16. The molecule has 1 amide bonds. The molecule has 0 fully saturated rings. The molecule has 2 rings (SSSR count). The van der Waals surface area contributed by atoms with Gasteiger partial charge in [-0.15, -0.1) is 0 Å². The van der Waals surface area contributed by atoms with Gasteiger partial charge in [0.05, 0.1) is 5.69 Å².